The minimum atomic E-state index is 0.689. The summed E-state index contributed by atoms with van der Waals surface area (Å²) in [5, 5.41) is 8.69. The normalized spacial score (nSPS) is 19.9. The standard InChI is InChI=1S/C16H29N5S/c1-11(2)15-10-21(7-8-22-15)16(17-5)18-9-14-12(3)19-20(6)13(14)4/h11,15H,7-10H2,1-6H3,(H,17,18). The van der Waals surface area contributed by atoms with Crippen molar-refractivity contribution in [2.75, 3.05) is 25.9 Å². The second kappa shape index (κ2) is 7.40. The van der Waals surface area contributed by atoms with E-state index in [9.17, 15) is 0 Å². The highest BCUT2D eigenvalue weighted by Gasteiger charge is 2.25. The number of aromatic nitrogens is 2. The Labute approximate surface area is 138 Å². The van der Waals surface area contributed by atoms with Crippen molar-refractivity contribution in [2.24, 2.45) is 18.0 Å². The SMILES string of the molecule is CN=C(NCc1c(C)nn(C)c1C)N1CCSC(C(C)C)C1. The molecular formula is C16H29N5S. The molecule has 1 saturated heterocycles. The van der Waals surface area contributed by atoms with Gasteiger partial charge in [-0.2, -0.15) is 16.9 Å². The summed E-state index contributed by atoms with van der Waals surface area (Å²) in [7, 11) is 3.87. The first kappa shape index (κ1) is 17.2. The molecule has 1 aliphatic rings. The summed E-state index contributed by atoms with van der Waals surface area (Å²) in [5.41, 5.74) is 3.59. The predicted molar refractivity (Wildman–Crippen MR) is 95.5 cm³/mol. The molecule has 2 rings (SSSR count). The summed E-state index contributed by atoms with van der Waals surface area (Å²) in [6.07, 6.45) is 0. The minimum absolute atomic E-state index is 0.689. The molecule has 1 unspecified atom stereocenters. The molecule has 1 aliphatic heterocycles. The summed E-state index contributed by atoms with van der Waals surface area (Å²) in [6.45, 7) is 11.7. The van der Waals surface area contributed by atoms with E-state index in [1.165, 1.54) is 17.0 Å². The van der Waals surface area contributed by atoms with Gasteiger partial charge in [0.1, 0.15) is 0 Å². The van der Waals surface area contributed by atoms with Crippen LogP contribution in [-0.4, -0.2) is 51.8 Å². The Hall–Kier alpha value is -1.17. The highest BCUT2D eigenvalue weighted by molar-refractivity contribution is 8.00. The number of nitrogens with zero attached hydrogens (tertiary/aromatic N) is 4. The Morgan fingerprint density at radius 1 is 1.45 bits per heavy atom. The second-order valence-corrected chi connectivity index (χ2v) is 7.62. The van der Waals surface area contributed by atoms with E-state index >= 15 is 0 Å². The Morgan fingerprint density at radius 3 is 2.73 bits per heavy atom. The summed E-state index contributed by atoms with van der Waals surface area (Å²) in [4.78, 5) is 6.87. The molecule has 1 aromatic rings. The van der Waals surface area contributed by atoms with Crippen LogP contribution in [0.5, 0.6) is 0 Å². The smallest absolute Gasteiger partial charge is 0.193 e. The van der Waals surface area contributed by atoms with Crippen LogP contribution in [0.15, 0.2) is 4.99 Å². The van der Waals surface area contributed by atoms with E-state index in [1.807, 2.05) is 18.8 Å². The number of hydrogen-bond donors (Lipinski definition) is 1. The molecule has 1 aromatic heterocycles. The molecule has 2 heterocycles. The molecule has 0 radical (unpaired) electrons. The average molecular weight is 324 g/mol. The summed E-state index contributed by atoms with van der Waals surface area (Å²) in [5.74, 6) is 2.89. The van der Waals surface area contributed by atoms with E-state index < -0.39 is 0 Å². The van der Waals surface area contributed by atoms with Gasteiger partial charge in [0.2, 0.25) is 0 Å². The van der Waals surface area contributed by atoms with Crippen LogP contribution in [0.2, 0.25) is 0 Å². The van der Waals surface area contributed by atoms with E-state index in [2.05, 4.69) is 59.8 Å². The zero-order chi connectivity index (χ0) is 16.3. The van der Waals surface area contributed by atoms with Crippen molar-refractivity contribution in [3.05, 3.63) is 17.0 Å². The first-order chi connectivity index (χ1) is 10.4. The average Bonchev–Trinajstić information content (AvgIpc) is 2.74. The molecule has 22 heavy (non-hydrogen) atoms. The van der Waals surface area contributed by atoms with E-state index in [4.69, 9.17) is 0 Å². The van der Waals surface area contributed by atoms with Crippen LogP contribution in [0.1, 0.15) is 30.8 Å². The minimum Gasteiger partial charge on any atom is -0.352 e. The summed E-state index contributed by atoms with van der Waals surface area (Å²) in [6, 6.07) is 0. The Morgan fingerprint density at radius 2 is 2.18 bits per heavy atom. The van der Waals surface area contributed by atoms with Gasteiger partial charge in [-0.25, -0.2) is 0 Å². The van der Waals surface area contributed by atoms with E-state index in [0.717, 1.165) is 31.3 Å². The molecular weight excluding hydrogens is 294 g/mol. The highest BCUT2D eigenvalue weighted by atomic mass is 32.2. The first-order valence-electron chi connectivity index (χ1n) is 8.00. The largest absolute Gasteiger partial charge is 0.352 e. The third kappa shape index (κ3) is 3.77. The van der Waals surface area contributed by atoms with Crippen molar-refractivity contribution in [1.29, 1.82) is 0 Å². The van der Waals surface area contributed by atoms with Crippen LogP contribution in [0.25, 0.3) is 0 Å². The van der Waals surface area contributed by atoms with Crippen LogP contribution in [0.4, 0.5) is 0 Å². The van der Waals surface area contributed by atoms with Gasteiger partial charge in [0.25, 0.3) is 0 Å². The number of aliphatic imine (C=N–C) groups is 1. The van der Waals surface area contributed by atoms with Gasteiger partial charge in [0, 0.05) is 56.0 Å². The molecule has 0 aliphatic carbocycles. The number of aryl methyl sites for hydroxylation is 2. The van der Waals surface area contributed by atoms with Crippen molar-refractivity contribution >= 4 is 17.7 Å². The zero-order valence-corrected chi connectivity index (χ0v) is 15.5. The van der Waals surface area contributed by atoms with Crippen molar-refractivity contribution < 1.29 is 0 Å². The quantitative estimate of drug-likeness (QED) is 0.684. The molecule has 0 amide bonds. The fourth-order valence-electron chi connectivity index (χ4n) is 2.84. The van der Waals surface area contributed by atoms with Gasteiger partial charge in [-0.1, -0.05) is 13.8 Å². The van der Waals surface area contributed by atoms with Gasteiger partial charge >= 0.3 is 0 Å². The van der Waals surface area contributed by atoms with Crippen LogP contribution >= 0.6 is 11.8 Å². The maximum atomic E-state index is 4.48. The maximum Gasteiger partial charge on any atom is 0.193 e. The van der Waals surface area contributed by atoms with Crippen molar-refractivity contribution in [2.45, 2.75) is 39.5 Å². The molecule has 1 fully saturated rings. The predicted octanol–water partition coefficient (Wildman–Crippen LogP) is 2.19. The van der Waals surface area contributed by atoms with Gasteiger partial charge < -0.3 is 10.2 Å². The molecule has 1 N–H and O–H groups in total. The number of rotatable bonds is 3. The van der Waals surface area contributed by atoms with E-state index in [1.54, 1.807) is 0 Å². The Kier molecular flexibility index (Phi) is 5.78. The summed E-state index contributed by atoms with van der Waals surface area (Å²) >= 11 is 2.09. The van der Waals surface area contributed by atoms with Gasteiger partial charge in [0.15, 0.2) is 5.96 Å². The lowest BCUT2D eigenvalue weighted by Gasteiger charge is -2.36. The number of guanidine groups is 1. The lowest BCUT2D eigenvalue weighted by Crippen LogP contribution is -2.48. The summed E-state index contributed by atoms with van der Waals surface area (Å²) < 4.78 is 1.95. The van der Waals surface area contributed by atoms with E-state index in [0.29, 0.717) is 11.2 Å². The van der Waals surface area contributed by atoms with Gasteiger partial charge in [-0.3, -0.25) is 9.67 Å². The number of thioether (sulfide) groups is 1. The highest BCUT2D eigenvalue weighted by Crippen LogP contribution is 2.25. The van der Waals surface area contributed by atoms with Crippen LogP contribution in [0, 0.1) is 19.8 Å². The molecule has 6 heteroatoms. The van der Waals surface area contributed by atoms with Gasteiger partial charge in [-0.05, 0) is 19.8 Å². The monoisotopic (exact) mass is 323 g/mol. The molecule has 5 nitrogen and oxygen atoms in total. The molecule has 0 aromatic carbocycles. The maximum absolute atomic E-state index is 4.48. The van der Waals surface area contributed by atoms with Crippen LogP contribution in [0.3, 0.4) is 0 Å². The van der Waals surface area contributed by atoms with Crippen molar-refractivity contribution in [3.8, 4) is 0 Å². The van der Waals surface area contributed by atoms with E-state index in [-0.39, 0.29) is 0 Å². The van der Waals surface area contributed by atoms with Gasteiger partial charge in [-0.15, -0.1) is 0 Å². The zero-order valence-electron chi connectivity index (χ0n) is 14.7. The molecule has 0 bridgehead atoms. The lowest BCUT2D eigenvalue weighted by atomic mass is 10.1. The number of hydrogen-bond acceptors (Lipinski definition) is 3. The third-order valence-electron chi connectivity index (χ3n) is 4.43. The number of nitrogens with one attached hydrogen (secondary N) is 1. The fourth-order valence-corrected chi connectivity index (χ4v) is 4.14. The molecule has 0 saturated carbocycles. The molecule has 1 atom stereocenters. The van der Waals surface area contributed by atoms with Crippen LogP contribution < -0.4 is 5.32 Å². The topological polar surface area (TPSA) is 45.5 Å². The van der Waals surface area contributed by atoms with Gasteiger partial charge in [0.05, 0.1) is 5.69 Å². The third-order valence-corrected chi connectivity index (χ3v) is 5.97. The first-order valence-corrected chi connectivity index (χ1v) is 9.05. The Balaban J connectivity index is 2.01. The lowest BCUT2D eigenvalue weighted by molar-refractivity contribution is 0.380. The Bertz CT molecular complexity index is 535. The molecule has 124 valence electrons. The fraction of sp³-hybridized carbons (Fsp3) is 0.750. The van der Waals surface area contributed by atoms with Crippen molar-refractivity contribution in [3.63, 3.8) is 0 Å². The van der Waals surface area contributed by atoms with Crippen LogP contribution in [-0.2, 0) is 13.6 Å². The molecule has 0 spiro atoms. The van der Waals surface area contributed by atoms with Crippen molar-refractivity contribution in [1.82, 2.24) is 20.0 Å². The second-order valence-electron chi connectivity index (χ2n) is 6.27.